The Morgan fingerprint density at radius 1 is 1.28 bits per heavy atom. The van der Waals surface area contributed by atoms with E-state index >= 15 is 0 Å². The van der Waals surface area contributed by atoms with Crippen molar-refractivity contribution in [3.05, 3.63) is 24.3 Å². The summed E-state index contributed by atoms with van der Waals surface area (Å²) in [4.78, 5) is 13.8. The highest BCUT2D eigenvalue weighted by atomic mass is 16.5. The van der Waals surface area contributed by atoms with Crippen LogP contribution >= 0.6 is 0 Å². The van der Waals surface area contributed by atoms with Gasteiger partial charge in [0.05, 0.1) is 0 Å². The van der Waals surface area contributed by atoms with E-state index in [2.05, 4.69) is 24.1 Å². The molecule has 0 unspecified atom stereocenters. The van der Waals surface area contributed by atoms with Gasteiger partial charge in [-0.1, -0.05) is 6.07 Å². The van der Waals surface area contributed by atoms with Crippen molar-refractivity contribution in [2.75, 3.05) is 36.5 Å². The van der Waals surface area contributed by atoms with Gasteiger partial charge in [-0.2, -0.15) is 0 Å². The Bertz CT molecular complexity index is 376. The summed E-state index contributed by atoms with van der Waals surface area (Å²) in [6.07, 6.45) is 0. The molecule has 0 saturated carbocycles. The lowest BCUT2D eigenvalue weighted by Crippen LogP contribution is -2.22. The third kappa shape index (κ3) is 4.37. The van der Waals surface area contributed by atoms with Crippen molar-refractivity contribution < 1.29 is 9.53 Å². The average Bonchev–Trinajstić information content (AvgIpc) is 2.38. The van der Waals surface area contributed by atoms with Crippen molar-refractivity contribution in [1.82, 2.24) is 0 Å². The Hall–Kier alpha value is -1.55. The Morgan fingerprint density at radius 2 is 2.00 bits per heavy atom. The monoisotopic (exact) mass is 250 g/mol. The summed E-state index contributed by atoms with van der Waals surface area (Å²) < 4.78 is 5.07. The van der Waals surface area contributed by atoms with Crippen molar-refractivity contribution in [2.24, 2.45) is 0 Å². The maximum Gasteiger partial charge on any atom is 0.250 e. The Kier molecular flexibility index (Phi) is 6.22. The van der Waals surface area contributed by atoms with Gasteiger partial charge < -0.3 is 15.0 Å². The number of anilines is 2. The molecule has 0 bridgehead atoms. The molecule has 4 nitrogen and oxygen atoms in total. The molecule has 4 heteroatoms. The van der Waals surface area contributed by atoms with Crippen LogP contribution in [0.5, 0.6) is 0 Å². The smallest absolute Gasteiger partial charge is 0.250 e. The van der Waals surface area contributed by atoms with Crippen LogP contribution in [0.3, 0.4) is 0 Å². The predicted molar refractivity (Wildman–Crippen MR) is 75.1 cm³/mol. The summed E-state index contributed by atoms with van der Waals surface area (Å²) in [5.74, 6) is -0.117. The van der Waals surface area contributed by atoms with Gasteiger partial charge in [0, 0.05) is 31.1 Å². The summed E-state index contributed by atoms with van der Waals surface area (Å²) in [5.41, 5.74) is 1.93. The van der Waals surface area contributed by atoms with Gasteiger partial charge in [0.15, 0.2) is 0 Å². The minimum absolute atomic E-state index is 0.103. The number of hydrogen-bond donors (Lipinski definition) is 1. The highest BCUT2D eigenvalue weighted by molar-refractivity contribution is 5.92. The minimum Gasteiger partial charge on any atom is -0.372 e. The molecule has 0 radical (unpaired) electrons. The second-order valence-electron chi connectivity index (χ2n) is 3.91. The molecule has 100 valence electrons. The van der Waals surface area contributed by atoms with Crippen molar-refractivity contribution in [2.45, 2.75) is 20.8 Å². The zero-order valence-corrected chi connectivity index (χ0v) is 11.4. The third-order valence-electron chi connectivity index (χ3n) is 2.70. The van der Waals surface area contributed by atoms with E-state index in [4.69, 9.17) is 4.74 Å². The zero-order chi connectivity index (χ0) is 13.4. The molecule has 0 heterocycles. The zero-order valence-electron chi connectivity index (χ0n) is 11.4. The number of carbonyl (C=O) groups is 1. The maximum absolute atomic E-state index is 11.5. The van der Waals surface area contributed by atoms with Crippen molar-refractivity contribution in [3.63, 3.8) is 0 Å². The molecule has 18 heavy (non-hydrogen) atoms. The van der Waals surface area contributed by atoms with Gasteiger partial charge in [-0.25, -0.2) is 0 Å². The topological polar surface area (TPSA) is 41.6 Å². The Labute approximate surface area is 109 Å². The van der Waals surface area contributed by atoms with E-state index in [-0.39, 0.29) is 12.5 Å². The molecule has 0 fully saturated rings. The lowest BCUT2D eigenvalue weighted by Gasteiger charge is -2.21. The summed E-state index contributed by atoms with van der Waals surface area (Å²) >= 11 is 0. The first kappa shape index (κ1) is 14.5. The number of benzene rings is 1. The quantitative estimate of drug-likeness (QED) is 0.808. The molecular weight excluding hydrogens is 228 g/mol. The number of amides is 1. The summed E-state index contributed by atoms with van der Waals surface area (Å²) in [6, 6.07) is 7.86. The van der Waals surface area contributed by atoms with Gasteiger partial charge in [-0.3, -0.25) is 4.79 Å². The minimum atomic E-state index is -0.117. The van der Waals surface area contributed by atoms with Crippen LogP contribution in [-0.4, -0.2) is 32.2 Å². The van der Waals surface area contributed by atoms with Gasteiger partial charge in [-0.05, 0) is 39.0 Å². The van der Waals surface area contributed by atoms with E-state index < -0.39 is 0 Å². The lowest BCUT2D eigenvalue weighted by atomic mass is 10.2. The Balaban J connectivity index is 2.67. The van der Waals surface area contributed by atoms with Crippen LogP contribution < -0.4 is 10.2 Å². The molecule has 0 aliphatic carbocycles. The molecule has 0 saturated heterocycles. The molecule has 0 spiro atoms. The van der Waals surface area contributed by atoms with E-state index in [1.165, 1.54) is 0 Å². The van der Waals surface area contributed by atoms with Crippen LogP contribution in [0.2, 0.25) is 0 Å². The fraction of sp³-hybridized carbons (Fsp3) is 0.500. The first-order valence-electron chi connectivity index (χ1n) is 6.43. The van der Waals surface area contributed by atoms with E-state index in [1.54, 1.807) is 0 Å². The molecule has 1 rings (SSSR count). The third-order valence-corrected chi connectivity index (χ3v) is 2.70. The molecule has 0 aromatic heterocycles. The van der Waals surface area contributed by atoms with Crippen LogP contribution in [0.1, 0.15) is 20.8 Å². The second-order valence-corrected chi connectivity index (χ2v) is 3.91. The number of ether oxygens (including phenoxy) is 1. The first-order valence-corrected chi connectivity index (χ1v) is 6.43. The fourth-order valence-corrected chi connectivity index (χ4v) is 1.76. The normalized spacial score (nSPS) is 10.2. The molecular formula is C14H22N2O2. The molecule has 0 aliphatic rings. The van der Waals surface area contributed by atoms with E-state index in [9.17, 15) is 4.79 Å². The summed E-state index contributed by atoms with van der Waals surface area (Å²) in [7, 11) is 0. The second kappa shape index (κ2) is 7.71. The molecule has 1 aromatic rings. The molecule has 1 aromatic carbocycles. The Morgan fingerprint density at radius 3 is 2.61 bits per heavy atom. The van der Waals surface area contributed by atoms with Gasteiger partial charge in [-0.15, -0.1) is 0 Å². The van der Waals surface area contributed by atoms with Crippen molar-refractivity contribution in [3.8, 4) is 0 Å². The van der Waals surface area contributed by atoms with Gasteiger partial charge in [0.2, 0.25) is 5.91 Å². The van der Waals surface area contributed by atoms with E-state index in [0.29, 0.717) is 6.61 Å². The van der Waals surface area contributed by atoms with E-state index in [0.717, 1.165) is 24.5 Å². The molecule has 1 N–H and O–H groups in total. The SMILES string of the molecule is CCOCC(=O)Nc1cccc(N(CC)CC)c1. The highest BCUT2D eigenvalue weighted by Crippen LogP contribution is 2.19. The maximum atomic E-state index is 11.5. The average molecular weight is 250 g/mol. The number of nitrogens with one attached hydrogen (secondary N) is 1. The molecule has 1 amide bonds. The lowest BCUT2D eigenvalue weighted by molar-refractivity contribution is -0.120. The van der Waals surface area contributed by atoms with Gasteiger partial charge in [0.1, 0.15) is 6.61 Å². The van der Waals surface area contributed by atoms with Gasteiger partial charge in [0.25, 0.3) is 0 Å². The van der Waals surface area contributed by atoms with Crippen LogP contribution in [0.15, 0.2) is 24.3 Å². The number of rotatable bonds is 7. The van der Waals surface area contributed by atoms with Crippen molar-refractivity contribution in [1.29, 1.82) is 0 Å². The predicted octanol–water partition coefficient (Wildman–Crippen LogP) is 2.51. The fourth-order valence-electron chi connectivity index (χ4n) is 1.76. The van der Waals surface area contributed by atoms with Crippen LogP contribution in [0.25, 0.3) is 0 Å². The van der Waals surface area contributed by atoms with Crippen molar-refractivity contribution >= 4 is 17.3 Å². The summed E-state index contributed by atoms with van der Waals surface area (Å²) in [6.45, 7) is 8.65. The van der Waals surface area contributed by atoms with Crippen LogP contribution in [0, 0.1) is 0 Å². The standard InChI is InChI=1S/C14H22N2O2/c1-4-16(5-2)13-9-7-8-12(10-13)15-14(17)11-18-6-3/h7-10H,4-6,11H2,1-3H3,(H,15,17). The molecule has 0 aliphatic heterocycles. The number of carbonyl (C=O) groups excluding carboxylic acids is 1. The van der Waals surface area contributed by atoms with Crippen LogP contribution in [0.4, 0.5) is 11.4 Å². The highest BCUT2D eigenvalue weighted by Gasteiger charge is 2.05. The van der Waals surface area contributed by atoms with Crippen LogP contribution in [-0.2, 0) is 9.53 Å². The summed E-state index contributed by atoms with van der Waals surface area (Å²) in [5, 5.41) is 2.83. The largest absolute Gasteiger partial charge is 0.372 e. The first-order chi connectivity index (χ1) is 8.71. The van der Waals surface area contributed by atoms with Gasteiger partial charge >= 0.3 is 0 Å². The molecule has 0 atom stereocenters. The van der Waals surface area contributed by atoms with E-state index in [1.807, 2.05) is 31.2 Å². The number of nitrogens with zero attached hydrogens (tertiary/aromatic N) is 1. The number of hydrogen-bond acceptors (Lipinski definition) is 3.